The first-order valence-corrected chi connectivity index (χ1v) is 9.34. The largest absolute Gasteiger partial charge is 0.573 e. The van der Waals surface area contributed by atoms with Gasteiger partial charge in [0, 0.05) is 11.1 Å². The number of aromatic nitrogens is 1. The summed E-state index contributed by atoms with van der Waals surface area (Å²) in [4.78, 5) is 13.8. The van der Waals surface area contributed by atoms with Gasteiger partial charge in [0.15, 0.2) is 0 Å². The van der Waals surface area contributed by atoms with Crippen molar-refractivity contribution < 1.29 is 17.9 Å². The van der Waals surface area contributed by atoms with E-state index in [1.54, 1.807) is 36.2 Å². The molecule has 0 aliphatic rings. The lowest BCUT2D eigenvalue weighted by molar-refractivity contribution is -0.274. The van der Waals surface area contributed by atoms with Crippen molar-refractivity contribution in [1.29, 1.82) is 5.26 Å². The highest BCUT2D eigenvalue weighted by Crippen LogP contribution is 2.26. The monoisotopic (exact) mass is 404 g/mol. The minimum absolute atomic E-state index is 0.130. The van der Waals surface area contributed by atoms with Crippen LogP contribution in [0.5, 0.6) is 5.75 Å². The third kappa shape index (κ3) is 4.49. The first-order valence-electron chi connectivity index (χ1n) is 8.35. The second-order valence-electron chi connectivity index (χ2n) is 5.91. The molecular weight excluding hydrogens is 389 g/mol. The van der Waals surface area contributed by atoms with Crippen molar-refractivity contribution >= 4 is 22.5 Å². The summed E-state index contributed by atoms with van der Waals surface area (Å²) < 4.78 is 42.7. The Morgan fingerprint density at radius 1 is 1.18 bits per heavy atom. The minimum Gasteiger partial charge on any atom is -0.406 e. The van der Waals surface area contributed by atoms with E-state index < -0.39 is 17.7 Å². The number of nitrogens with zero attached hydrogens (tertiary/aromatic N) is 2. The van der Waals surface area contributed by atoms with Crippen LogP contribution < -0.4 is 10.3 Å². The maximum absolute atomic E-state index is 12.8. The summed E-state index contributed by atoms with van der Waals surface area (Å²) in [5, 5.41) is 9.79. The molecule has 8 heteroatoms. The zero-order chi connectivity index (χ0) is 20.3. The number of thioether (sulfide) groups is 1. The molecule has 1 aromatic heterocycles. The Morgan fingerprint density at radius 3 is 2.64 bits per heavy atom. The van der Waals surface area contributed by atoms with Gasteiger partial charge in [0.05, 0.1) is 23.6 Å². The quantitative estimate of drug-likeness (QED) is 0.566. The topological polar surface area (TPSA) is 55.0 Å². The number of hydrogen-bond donors (Lipinski definition) is 0. The highest BCUT2D eigenvalue weighted by molar-refractivity contribution is 7.99. The molecule has 0 fully saturated rings. The van der Waals surface area contributed by atoms with Gasteiger partial charge in [-0.15, -0.1) is 24.9 Å². The van der Waals surface area contributed by atoms with Gasteiger partial charge in [-0.2, -0.15) is 5.26 Å². The van der Waals surface area contributed by atoms with Crippen molar-refractivity contribution in [1.82, 2.24) is 4.57 Å². The highest BCUT2D eigenvalue weighted by Gasteiger charge is 2.31. The van der Waals surface area contributed by atoms with E-state index in [0.29, 0.717) is 10.9 Å². The van der Waals surface area contributed by atoms with Crippen LogP contribution in [-0.4, -0.2) is 16.7 Å². The van der Waals surface area contributed by atoms with Crippen molar-refractivity contribution in [3.63, 3.8) is 0 Å². The molecule has 28 heavy (non-hydrogen) atoms. The smallest absolute Gasteiger partial charge is 0.406 e. The van der Waals surface area contributed by atoms with Crippen LogP contribution in [0.15, 0.2) is 58.4 Å². The Balaban J connectivity index is 2.04. The Hall–Kier alpha value is -2.92. The Kier molecular flexibility index (Phi) is 5.66. The lowest BCUT2D eigenvalue weighted by Crippen LogP contribution is -2.21. The average molecular weight is 404 g/mol. The molecule has 0 atom stereocenters. The summed E-state index contributed by atoms with van der Waals surface area (Å²) in [6.07, 6.45) is -3.24. The van der Waals surface area contributed by atoms with E-state index in [4.69, 9.17) is 5.26 Å². The van der Waals surface area contributed by atoms with Crippen molar-refractivity contribution in [3.8, 4) is 11.8 Å². The molecule has 0 saturated heterocycles. The van der Waals surface area contributed by atoms with Crippen LogP contribution in [0.2, 0.25) is 0 Å². The van der Waals surface area contributed by atoms with E-state index >= 15 is 0 Å². The Labute approximate surface area is 163 Å². The summed E-state index contributed by atoms with van der Waals surface area (Å²) >= 11 is 1.59. The molecule has 0 N–H and O–H groups in total. The second kappa shape index (κ2) is 7.98. The number of alkyl halides is 3. The van der Waals surface area contributed by atoms with Gasteiger partial charge >= 0.3 is 6.36 Å². The normalized spacial score (nSPS) is 11.4. The van der Waals surface area contributed by atoms with Gasteiger partial charge in [-0.1, -0.05) is 13.0 Å². The second-order valence-corrected chi connectivity index (χ2v) is 7.22. The summed E-state index contributed by atoms with van der Waals surface area (Å²) in [5.41, 5.74) is 0.847. The number of pyridine rings is 1. The third-order valence-electron chi connectivity index (χ3n) is 4.01. The highest BCUT2D eigenvalue weighted by atomic mass is 32.2. The molecule has 0 unspecified atom stereocenters. The fourth-order valence-electron chi connectivity index (χ4n) is 2.83. The van der Waals surface area contributed by atoms with Crippen LogP contribution in [0, 0.1) is 11.3 Å². The molecule has 0 aliphatic carbocycles. The van der Waals surface area contributed by atoms with E-state index in [9.17, 15) is 18.0 Å². The zero-order valence-corrected chi connectivity index (χ0v) is 15.6. The van der Waals surface area contributed by atoms with Crippen molar-refractivity contribution in [2.24, 2.45) is 0 Å². The van der Waals surface area contributed by atoms with E-state index in [-0.39, 0.29) is 11.9 Å². The molecule has 0 spiro atoms. The molecule has 0 aliphatic heterocycles. The van der Waals surface area contributed by atoms with Gasteiger partial charge in [0.1, 0.15) is 5.75 Å². The standard InChI is InChI=1S/C20H15F3N2O2S/c1-2-28-18-6-3-13(11-24)9-15(18)12-25-8-7-14-4-5-16(27-20(21,22)23)10-17(14)19(25)26/h3-10H,2,12H2,1H3. The van der Waals surface area contributed by atoms with Crippen LogP contribution in [0.4, 0.5) is 13.2 Å². The summed E-state index contributed by atoms with van der Waals surface area (Å²) in [7, 11) is 0. The number of rotatable bonds is 5. The predicted molar refractivity (Wildman–Crippen MR) is 102 cm³/mol. The number of nitriles is 1. The molecule has 1 heterocycles. The zero-order valence-electron chi connectivity index (χ0n) is 14.8. The van der Waals surface area contributed by atoms with Crippen molar-refractivity contribution in [2.75, 3.05) is 5.75 Å². The molecule has 3 aromatic rings. The Morgan fingerprint density at radius 2 is 1.96 bits per heavy atom. The molecule has 0 amide bonds. The Bertz CT molecular complexity index is 1120. The van der Waals surface area contributed by atoms with Gasteiger partial charge < -0.3 is 9.30 Å². The van der Waals surface area contributed by atoms with Gasteiger partial charge in [0.2, 0.25) is 0 Å². The molecule has 0 radical (unpaired) electrons. The van der Waals surface area contributed by atoms with E-state index in [1.807, 2.05) is 13.0 Å². The maximum Gasteiger partial charge on any atom is 0.573 e. The number of ether oxygens (including phenoxy) is 1. The number of fused-ring (bicyclic) bond motifs is 1. The van der Waals surface area contributed by atoms with Crippen molar-refractivity contribution in [3.05, 3.63) is 70.1 Å². The summed E-state index contributed by atoms with van der Waals surface area (Å²) in [5.74, 6) is 0.382. The first kappa shape index (κ1) is 19.8. The van der Waals surface area contributed by atoms with E-state index in [2.05, 4.69) is 10.8 Å². The molecule has 0 bridgehead atoms. The number of benzene rings is 2. The fraction of sp³-hybridized carbons (Fsp3) is 0.200. The molecule has 2 aromatic carbocycles. The van der Waals surface area contributed by atoms with Gasteiger partial charge in [0.25, 0.3) is 5.56 Å². The maximum atomic E-state index is 12.8. The lowest BCUT2D eigenvalue weighted by Gasteiger charge is -2.13. The van der Waals surface area contributed by atoms with Crippen LogP contribution in [0.1, 0.15) is 18.1 Å². The van der Waals surface area contributed by atoms with E-state index in [1.165, 1.54) is 16.7 Å². The lowest BCUT2D eigenvalue weighted by atomic mass is 10.1. The SMILES string of the molecule is CCSc1ccc(C#N)cc1Cn1ccc2ccc(OC(F)(F)F)cc2c1=O. The molecule has 0 saturated carbocycles. The minimum atomic E-state index is -4.83. The predicted octanol–water partition coefficient (Wildman–Crippen LogP) is 4.93. The first-order chi connectivity index (χ1) is 13.3. The summed E-state index contributed by atoms with van der Waals surface area (Å²) in [6.45, 7) is 2.20. The fourth-order valence-corrected chi connectivity index (χ4v) is 3.62. The number of halogens is 3. The van der Waals surface area contributed by atoms with Gasteiger partial charge in [-0.25, -0.2) is 0 Å². The summed E-state index contributed by atoms with van der Waals surface area (Å²) in [6, 6.07) is 12.7. The van der Waals surface area contributed by atoms with Crippen molar-refractivity contribution in [2.45, 2.75) is 24.7 Å². The molecule has 144 valence electrons. The number of hydrogen-bond acceptors (Lipinski definition) is 4. The van der Waals surface area contributed by atoms with Crippen LogP contribution in [-0.2, 0) is 6.54 Å². The van der Waals surface area contributed by atoms with Gasteiger partial charge in [-0.05, 0) is 53.1 Å². The molecule has 3 rings (SSSR count). The average Bonchev–Trinajstić information content (AvgIpc) is 2.64. The van der Waals surface area contributed by atoms with Crippen LogP contribution >= 0.6 is 11.8 Å². The molecule has 4 nitrogen and oxygen atoms in total. The third-order valence-corrected chi connectivity index (χ3v) is 5.01. The van der Waals surface area contributed by atoms with E-state index in [0.717, 1.165) is 22.3 Å². The van der Waals surface area contributed by atoms with Crippen LogP contribution in [0.25, 0.3) is 10.8 Å². The van der Waals surface area contributed by atoms with Gasteiger partial charge in [-0.3, -0.25) is 4.79 Å². The van der Waals surface area contributed by atoms with Crippen LogP contribution in [0.3, 0.4) is 0 Å². The molecular formula is C20H15F3N2O2S.